The van der Waals surface area contributed by atoms with Gasteiger partial charge < -0.3 is 14.8 Å². The number of hydrogen-bond acceptors (Lipinski definition) is 8. The summed E-state index contributed by atoms with van der Waals surface area (Å²) >= 11 is 13.1. The lowest BCUT2D eigenvalue weighted by Gasteiger charge is -2.34. The van der Waals surface area contributed by atoms with Crippen LogP contribution in [0.3, 0.4) is 0 Å². The van der Waals surface area contributed by atoms with E-state index in [0.29, 0.717) is 15.6 Å². The van der Waals surface area contributed by atoms with Crippen molar-refractivity contribution in [2.24, 2.45) is 0 Å². The van der Waals surface area contributed by atoms with Gasteiger partial charge in [-0.25, -0.2) is 9.59 Å². The van der Waals surface area contributed by atoms with E-state index in [1.165, 1.54) is 14.2 Å². The Morgan fingerprint density at radius 1 is 1.00 bits per heavy atom. The van der Waals surface area contributed by atoms with E-state index in [1.54, 1.807) is 13.0 Å². The Hall–Kier alpha value is -2.17. The molecule has 1 N–H and O–H groups in total. The zero-order valence-electron chi connectivity index (χ0n) is 18.6. The van der Waals surface area contributed by atoms with Gasteiger partial charge in [-0.05, 0) is 30.2 Å². The summed E-state index contributed by atoms with van der Waals surface area (Å²) < 4.78 is 9.59. The first-order chi connectivity index (χ1) is 15.7. The van der Waals surface area contributed by atoms with Crippen LogP contribution in [-0.2, 0) is 20.8 Å². The summed E-state index contributed by atoms with van der Waals surface area (Å²) in [6.07, 6.45) is 0. The number of ether oxygens (including phenoxy) is 2. The van der Waals surface area contributed by atoms with Crippen LogP contribution in [0.2, 0.25) is 10.0 Å². The maximum absolute atomic E-state index is 12.7. The summed E-state index contributed by atoms with van der Waals surface area (Å²) in [5.41, 5.74) is 1.67. The van der Waals surface area contributed by atoms with Gasteiger partial charge in [0.1, 0.15) is 9.88 Å². The zero-order valence-corrected chi connectivity index (χ0v) is 20.9. The van der Waals surface area contributed by atoms with Gasteiger partial charge in [0.25, 0.3) is 0 Å². The molecule has 0 bridgehead atoms. The van der Waals surface area contributed by atoms with Crippen molar-refractivity contribution in [3.8, 4) is 0 Å². The molecule has 1 aromatic heterocycles. The van der Waals surface area contributed by atoms with E-state index in [0.717, 1.165) is 49.6 Å². The molecular formula is C22H25Cl2N3O5S. The van der Waals surface area contributed by atoms with E-state index < -0.39 is 11.9 Å². The number of benzene rings is 1. The molecule has 1 amide bonds. The van der Waals surface area contributed by atoms with Crippen LogP contribution in [0.5, 0.6) is 0 Å². The maximum Gasteiger partial charge on any atom is 0.348 e. The Labute approximate surface area is 206 Å². The number of nitrogens with one attached hydrogen (secondary N) is 1. The lowest BCUT2D eigenvalue weighted by Crippen LogP contribution is -2.48. The van der Waals surface area contributed by atoms with Crippen LogP contribution in [0.25, 0.3) is 0 Å². The van der Waals surface area contributed by atoms with Crippen molar-refractivity contribution in [1.82, 2.24) is 9.80 Å². The molecule has 0 radical (unpaired) electrons. The van der Waals surface area contributed by atoms with Gasteiger partial charge in [0, 0.05) is 32.7 Å². The molecule has 1 saturated heterocycles. The van der Waals surface area contributed by atoms with Crippen LogP contribution in [0, 0.1) is 6.92 Å². The van der Waals surface area contributed by atoms with Crippen molar-refractivity contribution < 1.29 is 23.9 Å². The summed E-state index contributed by atoms with van der Waals surface area (Å²) in [4.78, 5) is 41.5. The SMILES string of the molecule is COC(=O)c1sc(NC(=O)CN2CCN(Cc3ccc(Cl)c(Cl)c3)CC2)c(C(=O)OC)c1C. The highest BCUT2D eigenvalue weighted by atomic mass is 35.5. The van der Waals surface area contributed by atoms with Gasteiger partial charge in [-0.3, -0.25) is 14.6 Å². The van der Waals surface area contributed by atoms with Crippen LogP contribution in [0.1, 0.15) is 31.2 Å². The van der Waals surface area contributed by atoms with Crippen molar-refractivity contribution in [2.75, 3.05) is 52.3 Å². The van der Waals surface area contributed by atoms with Gasteiger partial charge >= 0.3 is 11.9 Å². The van der Waals surface area contributed by atoms with Gasteiger partial charge in [0.15, 0.2) is 0 Å². The molecule has 0 unspecified atom stereocenters. The average Bonchev–Trinajstić information content (AvgIpc) is 3.12. The number of piperazine rings is 1. The number of amides is 1. The van der Waals surface area contributed by atoms with E-state index in [9.17, 15) is 14.4 Å². The number of methoxy groups -OCH3 is 2. The molecule has 1 fully saturated rings. The van der Waals surface area contributed by atoms with Gasteiger partial charge in [-0.1, -0.05) is 29.3 Å². The number of carbonyl (C=O) groups is 3. The lowest BCUT2D eigenvalue weighted by molar-refractivity contribution is -0.117. The first-order valence-corrected chi connectivity index (χ1v) is 11.8. The molecule has 2 aromatic rings. The molecule has 1 aliphatic rings. The first-order valence-electron chi connectivity index (χ1n) is 10.2. The number of thiophene rings is 1. The Morgan fingerprint density at radius 2 is 1.64 bits per heavy atom. The van der Waals surface area contributed by atoms with Gasteiger partial charge in [-0.15, -0.1) is 11.3 Å². The van der Waals surface area contributed by atoms with E-state index in [2.05, 4.69) is 10.2 Å². The molecule has 1 aromatic carbocycles. The van der Waals surface area contributed by atoms with Gasteiger partial charge in [-0.2, -0.15) is 0 Å². The fourth-order valence-corrected chi connectivity index (χ4v) is 5.06. The smallest absolute Gasteiger partial charge is 0.348 e. The molecule has 2 heterocycles. The summed E-state index contributed by atoms with van der Waals surface area (Å²) in [5, 5.41) is 4.12. The van der Waals surface area contributed by atoms with E-state index in [-0.39, 0.29) is 27.9 Å². The minimum absolute atomic E-state index is 0.169. The van der Waals surface area contributed by atoms with E-state index >= 15 is 0 Å². The number of anilines is 1. The Morgan fingerprint density at radius 3 is 2.24 bits per heavy atom. The zero-order chi connectivity index (χ0) is 24.1. The molecule has 1 aliphatic heterocycles. The quantitative estimate of drug-likeness (QED) is 0.564. The van der Waals surface area contributed by atoms with Crippen LogP contribution in [0.4, 0.5) is 5.00 Å². The molecule has 3 rings (SSSR count). The number of carbonyl (C=O) groups excluding carboxylic acids is 3. The van der Waals surface area contributed by atoms with Gasteiger partial charge in [0.2, 0.25) is 5.91 Å². The average molecular weight is 514 g/mol. The molecular weight excluding hydrogens is 489 g/mol. The minimum Gasteiger partial charge on any atom is -0.465 e. The van der Waals surface area contributed by atoms with Crippen LogP contribution in [0.15, 0.2) is 18.2 Å². The highest BCUT2D eigenvalue weighted by Gasteiger charge is 2.27. The highest BCUT2D eigenvalue weighted by Crippen LogP contribution is 2.34. The topological polar surface area (TPSA) is 88.2 Å². The predicted octanol–water partition coefficient (Wildman–Crippen LogP) is 3.69. The number of halogens is 2. The predicted molar refractivity (Wildman–Crippen MR) is 129 cm³/mol. The fourth-order valence-electron chi connectivity index (χ4n) is 3.61. The highest BCUT2D eigenvalue weighted by molar-refractivity contribution is 7.18. The second-order valence-corrected chi connectivity index (χ2v) is 9.43. The molecule has 8 nitrogen and oxygen atoms in total. The van der Waals surface area contributed by atoms with E-state index in [4.69, 9.17) is 32.7 Å². The number of hydrogen-bond donors (Lipinski definition) is 1. The normalized spacial score (nSPS) is 14.7. The van der Waals surface area contributed by atoms with Crippen LogP contribution in [-0.4, -0.2) is 74.6 Å². The van der Waals surface area contributed by atoms with Crippen LogP contribution < -0.4 is 5.32 Å². The van der Waals surface area contributed by atoms with Crippen LogP contribution >= 0.6 is 34.5 Å². The standard InChI is InChI=1S/C22H25Cl2N3O5S/c1-13-18(21(29)31-2)20(33-19(13)22(30)32-3)25-17(28)12-27-8-6-26(7-9-27)11-14-4-5-15(23)16(24)10-14/h4-5,10H,6-9,11-12H2,1-3H3,(H,25,28). The molecule has 33 heavy (non-hydrogen) atoms. The molecule has 0 atom stereocenters. The largest absolute Gasteiger partial charge is 0.465 e. The number of rotatable bonds is 7. The molecule has 0 saturated carbocycles. The van der Waals surface area contributed by atoms with Crippen molar-refractivity contribution in [3.63, 3.8) is 0 Å². The molecule has 0 aliphatic carbocycles. The Bertz CT molecular complexity index is 1050. The first kappa shape index (κ1) is 25.5. The molecule has 178 valence electrons. The second kappa shape index (κ2) is 11.3. The van der Waals surface area contributed by atoms with Gasteiger partial charge in [0.05, 0.1) is 36.4 Å². The fraction of sp³-hybridized carbons (Fsp3) is 0.409. The monoisotopic (exact) mass is 513 g/mol. The third kappa shape index (κ3) is 6.24. The third-order valence-corrected chi connectivity index (χ3v) is 7.31. The Balaban J connectivity index is 1.58. The second-order valence-electron chi connectivity index (χ2n) is 7.59. The summed E-state index contributed by atoms with van der Waals surface area (Å²) in [5.74, 6) is -1.46. The molecule has 11 heteroatoms. The Kier molecular flexibility index (Phi) is 8.72. The number of esters is 2. The van der Waals surface area contributed by atoms with Crippen molar-refractivity contribution in [1.29, 1.82) is 0 Å². The van der Waals surface area contributed by atoms with E-state index in [1.807, 2.05) is 17.0 Å². The summed E-state index contributed by atoms with van der Waals surface area (Å²) in [6.45, 7) is 5.58. The van der Waals surface area contributed by atoms with Crippen molar-refractivity contribution >= 4 is 57.4 Å². The third-order valence-electron chi connectivity index (χ3n) is 5.38. The summed E-state index contributed by atoms with van der Waals surface area (Å²) in [7, 11) is 2.51. The van der Waals surface area contributed by atoms with Crippen molar-refractivity contribution in [2.45, 2.75) is 13.5 Å². The lowest BCUT2D eigenvalue weighted by atomic mass is 10.1. The maximum atomic E-state index is 12.7. The summed E-state index contributed by atoms with van der Waals surface area (Å²) in [6, 6.07) is 5.62. The minimum atomic E-state index is -0.620. The van der Waals surface area contributed by atoms with Crippen molar-refractivity contribution in [3.05, 3.63) is 49.8 Å². The number of nitrogens with zero attached hydrogens (tertiary/aromatic N) is 2. The molecule has 0 spiro atoms.